The maximum Gasteiger partial charge on any atom is 0.240 e. The van der Waals surface area contributed by atoms with Crippen molar-refractivity contribution >= 4 is 16.8 Å². The van der Waals surface area contributed by atoms with E-state index < -0.39 is 0 Å². The highest BCUT2D eigenvalue weighted by atomic mass is 16.2. The van der Waals surface area contributed by atoms with Crippen molar-refractivity contribution < 1.29 is 4.79 Å². The van der Waals surface area contributed by atoms with E-state index in [1.165, 1.54) is 0 Å². The summed E-state index contributed by atoms with van der Waals surface area (Å²) in [4.78, 5) is 12.4. The summed E-state index contributed by atoms with van der Waals surface area (Å²) < 4.78 is 3.87. The third kappa shape index (κ3) is 2.86. The van der Waals surface area contributed by atoms with Gasteiger partial charge in [0.25, 0.3) is 0 Å². The average molecular weight is 310 g/mol. The third-order valence-corrected chi connectivity index (χ3v) is 4.44. The molecule has 0 saturated heterocycles. The van der Waals surface area contributed by atoms with E-state index in [0.29, 0.717) is 6.54 Å². The van der Waals surface area contributed by atoms with Gasteiger partial charge in [0.05, 0.1) is 12.2 Å². The van der Waals surface area contributed by atoms with Crippen molar-refractivity contribution in [2.24, 2.45) is 7.05 Å². The molecule has 0 aliphatic rings. The lowest BCUT2D eigenvalue weighted by atomic mass is 10.1. The summed E-state index contributed by atoms with van der Waals surface area (Å²) >= 11 is 0. The number of nitrogens with zero attached hydrogens (tertiary/aromatic N) is 3. The molecule has 0 aliphatic heterocycles. The van der Waals surface area contributed by atoms with Crippen molar-refractivity contribution in [1.82, 2.24) is 19.7 Å². The molecule has 1 aromatic carbocycles. The number of hydrogen-bond acceptors (Lipinski definition) is 2. The van der Waals surface area contributed by atoms with Crippen LogP contribution in [0.15, 0.2) is 36.5 Å². The van der Waals surface area contributed by atoms with Gasteiger partial charge < -0.3 is 9.88 Å². The Morgan fingerprint density at radius 3 is 2.74 bits per heavy atom. The fraction of sp³-hybridized carbons (Fsp3) is 0.333. The number of aryl methyl sites for hydroxylation is 2. The molecule has 23 heavy (non-hydrogen) atoms. The second-order valence-electron chi connectivity index (χ2n) is 6.03. The molecule has 2 aromatic heterocycles. The number of amides is 1. The first-order valence-electron chi connectivity index (χ1n) is 7.80. The summed E-state index contributed by atoms with van der Waals surface area (Å²) in [5.41, 5.74) is 4.30. The van der Waals surface area contributed by atoms with Gasteiger partial charge in [0, 0.05) is 29.5 Å². The van der Waals surface area contributed by atoms with Gasteiger partial charge in [-0.15, -0.1) is 0 Å². The highest BCUT2D eigenvalue weighted by Crippen LogP contribution is 2.20. The van der Waals surface area contributed by atoms with Crippen molar-refractivity contribution in [1.29, 1.82) is 0 Å². The molecular formula is C18H22N4O. The highest BCUT2D eigenvalue weighted by molar-refractivity contribution is 5.84. The van der Waals surface area contributed by atoms with Crippen LogP contribution in [0.25, 0.3) is 10.9 Å². The molecule has 0 aliphatic carbocycles. The Balaban J connectivity index is 1.76. The summed E-state index contributed by atoms with van der Waals surface area (Å²) in [7, 11) is 1.91. The van der Waals surface area contributed by atoms with Crippen molar-refractivity contribution in [2.75, 3.05) is 0 Å². The van der Waals surface area contributed by atoms with Crippen LogP contribution in [0, 0.1) is 13.8 Å². The van der Waals surface area contributed by atoms with Crippen molar-refractivity contribution in [3.8, 4) is 0 Å². The van der Waals surface area contributed by atoms with E-state index >= 15 is 0 Å². The number of carbonyl (C=O) groups is 1. The fourth-order valence-corrected chi connectivity index (χ4v) is 3.01. The molecule has 0 spiro atoms. The standard InChI is InChI=1S/C18H22N4O/c1-12-9-15-7-5-6-8-17(15)22(12)11-18(23)20-13(2)16-10-19-21(4)14(16)3/h5-10,13H,11H2,1-4H3,(H,20,23). The molecule has 5 heteroatoms. The largest absolute Gasteiger partial charge is 0.348 e. The topological polar surface area (TPSA) is 51.9 Å². The van der Waals surface area contributed by atoms with Gasteiger partial charge in [0.1, 0.15) is 6.54 Å². The number of fused-ring (bicyclic) bond motifs is 1. The number of benzene rings is 1. The maximum absolute atomic E-state index is 12.4. The fourth-order valence-electron chi connectivity index (χ4n) is 3.01. The van der Waals surface area contributed by atoms with Crippen LogP contribution in [-0.2, 0) is 18.4 Å². The molecule has 120 valence electrons. The van der Waals surface area contributed by atoms with Crippen LogP contribution in [-0.4, -0.2) is 20.3 Å². The zero-order valence-corrected chi connectivity index (χ0v) is 14.0. The molecule has 0 fully saturated rings. The minimum absolute atomic E-state index is 0.00482. The number of para-hydroxylation sites is 1. The average Bonchev–Trinajstić information content (AvgIpc) is 3.00. The lowest BCUT2D eigenvalue weighted by molar-refractivity contribution is -0.122. The Bertz CT molecular complexity index is 859. The maximum atomic E-state index is 12.4. The van der Waals surface area contributed by atoms with E-state index in [4.69, 9.17) is 0 Å². The number of hydrogen-bond donors (Lipinski definition) is 1. The van der Waals surface area contributed by atoms with E-state index in [1.54, 1.807) is 0 Å². The third-order valence-electron chi connectivity index (χ3n) is 4.44. The van der Waals surface area contributed by atoms with Gasteiger partial charge >= 0.3 is 0 Å². The van der Waals surface area contributed by atoms with Crippen molar-refractivity contribution in [3.05, 3.63) is 53.5 Å². The molecule has 0 radical (unpaired) electrons. The van der Waals surface area contributed by atoms with E-state index in [-0.39, 0.29) is 11.9 Å². The second kappa shape index (κ2) is 5.91. The lowest BCUT2D eigenvalue weighted by Crippen LogP contribution is -2.30. The van der Waals surface area contributed by atoms with Crippen LogP contribution >= 0.6 is 0 Å². The zero-order valence-electron chi connectivity index (χ0n) is 14.0. The summed E-state index contributed by atoms with van der Waals surface area (Å²) in [5, 5.41) is 8.46. The minimum Gasteiger partial charge on any atom is -0.348 e. The Morgan fingerprint density at radius 2 is 2.04 bits per heavy atom. The number of aromatic nitrogens is 3. The SMILES string of the molecule is Cc1c(C(C)NC(=O)Cn2c(C)cc3ccccc32)cnn1C. The van der Waals surface area contributed by atoms with E-state index in [0.717, 1.165) is 27.9 Å². The van der Waals surface area contributed by atoms with Gasteiger partial charge in [0.2, 0.25) is 5.91 Å². The number of carbonyl (C=O) groups excluding carboxylic acids is 1. The van der Waals surface area contributed by atoms with Crippen LogP contribution in [0.2, 0.25) is 0 Å². The van der Waals surface area contributed by atoms with E-state index in [2.05, 4.69) is 22.5 Å². The number of rotatable bonds is 4. The van der Waals surface area contributed by atoms with Gasteiger partial charge in [-0.05, 0) is 38.3 Å². The summed E-state index contributed by atoms with van der Waals surface area (Å²) in [6.45, 7) is 6.35. The molecule has 1 amide bonds. The Kier molecular flexibility index (Phi) is 3.94. The molecule has 1 atom stereocenters. The van der Waals surface area contributed by atoms with Gasteiger partial charge in [-0.1, -0.05) is 18.2 Å². The summed E-state index contributed by atoms with van der Waals surface area (Å²) in [6.07, 6.45) is 1.82. The van der Waals surface area contributed by atoms with Crippen molar-refractivity contribution in [3.63, 3.8) is 0 Å². The molecule has 5 nitrogen and oxygen atoms in total. The highest BCUT2D eigenvalue weighted by Gasteiger charge is 2.16. The molecule has 0 saturated carbocycles. The van der Waals surface area contributed by atoms with E-state index in [9.17, 15) is 4.79 Å². The first-order chi connectivity index (χ1) is 11.0. The smallest absolute Gasteiger partial charge is 0.240 e. The molecule has 3 rings (SSSR count). The van der Waals surface area contributed by atoms with Crippen LogP contribution < -0.4 is 5.32 Å². The van der Waals surface area contributed by atoms with Crippen LogP contribution in [0.4, 0.5) is 0 Å². The Hall–Kier alpha value is -2.56. The van der Waals surface area contributed by atoms with Gasteiger partial charge in [-0.25, -0.2) is 0 Å². The van der Waals surface area contributed by atoms with Gasteiger partial charge in [-0.3, -0.25) is 9.48 Å². The van der Waals surface area contributed by atoms with Crippen LogP contribution in [0.1, 0.15) is 29.9 Å². The second-order valence-corrected chi connectivity index (χ2v) is 6.03. The Labute approximate surface area is 135 Å². The molecular weight excluding hydrogens is 288 g/mol. The first-order valence-corrected chi connectivity index (χ1v) is 7.80. The normalized spacial score (nSPS) is 12.5. The molecule has 1 N–H and O–H groups in total. The quantitative estimate of drug-likeness (QED) is 0.805. The predicted octanol–water partition coefficient (Wildman–Crippen LogP) is 2.87. The molecule has 2 heterocycles. The first kappa shape index (κ1) is 15.3. The van der Waals surface area contributed by atoms with Crippen LogP contribution in [0.5, 0.6) is 0 Å². The summed E-state index contributed by atoms with van der Waals surface area (Å²) in [6, 6.07) is 10.2. The van der Waals surface area contributed by atoms with Crippen LogP contribution in [0.3, 0.4) is 0 Å². The van der Waals surface area contributed by atoms with Crippen molar-refractivity contribution in [2.45, 2.75) is 33.4 Å². The molecule has 3 aromatic rings. The zero-order chi connectivity index (χ0) is 16.6. The van der Waals surface area contributed by atoms with Gasteiger partial charge in [0.15, 0.2) is 0 Å². The van der Waals surface area contributed by atoms with Gasteiger partial charge in [-0.2, -0.15) is 5.10 Å². The minimum atomic E-state index is -0.0571. The lowest BCUT2D eigenvalue weighted by Gasteiger charge is -2.15. The molecule has 0 bridgehead atoms. The summed E-state index contributed by atoms with van der Waals surface area (Å²) in [5.74, 6) is 0.00482. The monoisotopic (exact) mass is 310 g/mol. The number of nitrogens with one attached hydrogen (secondary N) is 1. The Morgan fingerprint density at radius 1 is 1.30 bits per heavy atom. The molecule has 1 unspecified atom stereocenters. The predicted molar refractivity (Wildman–Crippen MR) is 91.2 cm³/mol. The van der Waals surface area contributed by atoms with E-state index in [1.807, 2.05) is 61.5 Å².